The van der Waals surface area contributed by atoms with E-state index in [9.17, 15) is 0 Å². The second kappa shape index (κ2) is 4.75. The van der Waals surface area contributed by atoms with Crippen molar-refractivity contribution in [3.8, 4) is 0 Å². The van der Waals surface area contributed by atoms with Crippen LogP contribution < -0.4 is 0 Å². The highest BCUT2D eigenvalue weighted by Gasteiger charge is 1.95. The molecule has 1 aromatic carbocycles. The highest BCUT2D eigenvalue weighted by Crippen LogP contribution is 2.17. The minimum atomic E-state index is 1.22. The summed E-state index contributed by atoms with van der Waals surface area (Å²) < 4.78 is 0. The summed E-state index contributed by atoms with van der Waals surface area (Å²) in [6.07, 6.45) is 3.74. The van der Waals surface area contributed by atoms with Gasteiger partial charge in [-0.1, -0.05) is 19.9 Å². The largest absolute Gasteiger partial charge is 0.264 e. The highest BCUT2D eigenvalue weighted by atomic mass is 14.6. The molecule has 2 rings (SSSR count). The molecule has 0 unspecified atom stereocenters. The summed E-state index contributed by atoms with van der Waals surface area (Å²) in [7, 11) is 0. The molecule has 0 aliphatic rings. The zero-order valence-corrected chi connectivity index (χ0v) is 9.33. The number of aryl methyl sites for hydroxylation is 2. The van der Waals surface area contributed by atoms with Crippen molar-refractivity contribution in [3.63, 3.8) is 0 Å². The lowest BCUT2D eigenvalue weighted by Gasteiger charge is -2.01. The average Bonchev–Trinajstić information content (AvgIpc) is 2.23. The molecule has 14 heavy (non-hydrogen) atoms. The third-order valence-electron chi connectivity index (χ3n) is 2.25. The zero-order chi connectivity index (χ0) is 10.6. The number of hydrogen-bond donors (Lipinski definition) is 0. The third-order valence-corrected chi connectivity index (χ3v) is 2.25. The van der Waals surface area contributed by atoms with E-state index < -0.39 is 0 Å². The zero-order valence-electron chi connectivity index (χ0n) is 9.33. The van der Waals surface area contributed by atoms with Crippen molar-refractivity contribution >= 4 is 10.8 Å². The van der Waals surface area contributed by atoms with Gasteiger partial charge < -0.3 is 0 Å². The predicted molar refractivity (Wildman–Crippen MR) is 62.6 cm³/mol. The second-order valence-electron chi connectivity index (χ2n) is 3.16. The van der Waals surface area contributed by atoms with Crippen LogP contribution >= 0.6 is 0 Å². The summed E-state index contributed by atoms with van der Waals surface area (Å²) in [6, 6.07) is 6.42. The molecule has 0 saturated heterocycles. The molecule has 0 spiro atoms. The fourth-order valence-electron chi connectivity index (χ4n) is 1.36. The number of nitrogens with zero attached hydrogens (tertiary/aromatic N) is 1. The molecule has 1 heteroatoms. The van der Waals surface area contributed by atoms with E-state index in [2.05, 4.69) is 31.0 Å². The Bertz CT molecular complexity index is 378. The summed E-state index contributed by atoms with van der Waals surface area (Å²) in [4.78, 5) is 4.08. The van der Waals surface area contributed by atoms with Crippen molar-refractivity contribution in [2.75, 3.05) is 0 Å². The normalized spacial score (nSPS) is 9.43. The van der Waals surface area contributed by atoms with Crippen LogP contribution in [0.5, 0.6) is 0 Å². The molecule has 0 atom stereocenters. The monoisotopic (exact) mass is 187 g/mol. The van der Waals surface area contributed by atoms with Crippen LogP contribution in [0.25, 0.3) is 10.8 Å². The minimum absolute atomic E-state index is 1.22. The topological polar surface area (TPSA) is 12.9 Å². The lowest BCUT2D eigenvalue weighted by molar-refractivity contribution is 1.33. The Morgan fingerprint density at radius 2 is 1.50 bits per heavy atom. The molecule has 0 aliphatic carbocycles. The van der Waals surface area contributed by atoms with E-state index >= 15 is 0 Å². The van der Waals surface area contributed by atoms with Crippen molar-refractivity contribution in [3.05, 3.63) is 41.7 Å². The minimum Gasteiger partial charge on any atom is -0.264 e. The average molecular weight is 187 g/mol. The fraction of sp³-hybridized carbons (Fsp3) is 0.308. The van der Waals surface area contributed by atoms with Crippen LogP contribution in [0.4, 0.5) is 0 Å². The van der Waals surface area contributed by atoms with Gasteiger partial charge in [0.15, 0.2) is 0 Å². The van der Waals surface area contributed by atoms with Crippen molar-refractivity contribution < 1.29 is 0 Å². The van der Waals surface area contributed by atoms with E-state index in [0.717, 1.165) is 0 Å². The van der Waals surface area contributed by atoms with Gasteiger partial charge in [0.25, 0.3) is 0 Å². The van der Waals surface area contributed by atoms with Crippen molar-refractivity contribution in [1.82, 2.24) is 4.98 Å². The molecule has 0 radical (unpaired) electrons. The van der Waals surface area contributed by atoms with Crippen molar-refractivity contribution in [2.24, 2.45) is 0 Å². The molecule has 0 amide bonds. The molecular weight excluding hydrogens is 170 g/mol. The van der Waals surface area contributed by atoms with Crippen LogP contribution in [0.15, 0.2) is 30.6 Å². The Hall–Kier alpha value is -1.37. The number of hydrogen-bond acceptors (Lipinski definition) is 1. The molecule has 0 fully saturated rings. The van der Waals surface area contributed by atoms with Gasteiger partial charge in [-0.15, -0.1) is 0 Å². The van der Waals surface area contributed by atoms with Gasteiger partial charge in [0.1, 0.15) is 0 Å². The summed E-state index contributed by atoms with van der Waals surface area (Å²) in [5.41, 5.74) is 2.67. The van der Waals surface area contributed by atoms with E-state index in [1.807, 2.05) is 32.3 Å². The van der Waals surface area contributed by atoms with Gasteiger partial charge >= 0.3 is 0 Å². The molecular formula is C13H17N. The summed E-state index contributed by atoms with van der Waals surface area (Å²) >= 11 is 0. The van der Waals surface area contributed by atoms with Gasteiger partial charge in [-0.05, 0) is 42.5 Å². The van der Waals surface area contributed by atoms with Gasteiger partial charge in [0.2, 0.25) is 0 Å². The molecule has 2 aromatic rings. The SMILES string of the molecule is CC.Cc1cc2ccncc2cc1C. The van der Waals surface area contributed by atoms with Crippen LogP contribution in [-0.2, 0) is 0 Å². The Kier molecular flexibility index (Phi) is 3.63. The molecule has 0 aliphatic heterocycles. The maximum Gasteiger partial charge on any atom is 0.0346 e. The van der Waals surface area contributed by atoms with E-state index in [4.69, 9.17) is 0 Å². The molecule has 74 valence electrons. The molecule has 0 bridgehead atoms. The molecule has 0 saturated carbocycles. The first-order valence-electron chi connectivity index (χ1n) is 5.08. The van der Waals surface area contributed by atoms with Gasteiger partial charge in [0.05, 0.1) is 0 Å². The molecule has 1 nitrogen and oxygen atoms in total. The Labute approximate surface area is 85.8 Å². The van der Waals surface area contributed by atoms with Crippen LogP contribution in [0.3, 0.4) is 0 Å². The van der Waals surface area contributed by atoms with Gasteiger partial charge in [-0.3, -0.25) is 4.98 Å². The fourth-order valence-corrected chi connectivity index (χ4v) is 1.36. The molecule has 0 N–H and O–H groups in total. The highest BCUT2D eigenvalue weighted by molar-refractivity contribution is 5.82. The van der Waals surface area contributed by atoms with E-state index in [1.165, 1.54) is 21.9 Å². The molecule has 1 aromatic heterocycles. The van der Waals surface area contributed by atoms with Crippen molar-refractivity contribution in [1.29, 1.82) is 0 Å². The summed E-state index contributed by atoms with van der Waals surface area (Å²) in [5, 5.41) is 2.49. The first kappa shape index (κ1) is 10.7. The van der Waals surface area contributed by atoms with Crippen LogP contribution in [0, 0.1) is 13.8 Å². The van der Waals surface area contributed by atoms with Gasteiger partial charge in [0, 0.05) is 17.8 Å². The number of benzene rings is 1. The third kappa shape index (κ3) is 2.11. The first-order valence-corrected chi connectivity index (χ1v) is 5.08. The van der Waals surface area contributed by atoms with E-state index in [0.29, 0.717) is 0 Å². The Balaban J connectivity index is 0.000000461. The number of fused-ring (bicyclic) bond motifs is 1. The Morgan fingerprint density at radius 3 is 2.14 bits per heavy atom. The van der Waals surface area contributed by atoms with Gasteiger partial charge in [-0.2, -0.15) is 0 Å². The van der Waals surface area contributed by atoms with Crippen LogP contribution in [-0.4, -0.2) is 4.98 Å². The number of aromatic nitrogens is 1. The number of pyridine rings is 1. The second-order valence-corrected chi connectivity index (χ2v) is 3.16. The smallest absolute Gasteiger partial charge is 0.0346 e. The van der Waals surface area contributed by atoms with E-state index in [-0.39, 0.29) is 0 Å². The number of rotatable bonds is 0. The predicted octanol–water partition coefficient (Wildman–Crippen LogP) is 3.88. The lowest BCUT2D eigenvalue weighted by atomic mass is 10.1. The van der Waals surface area contributed by atoms with E-state index in [1.54, 1.807) is 0 Å². The first-order chi connectivity index (χ1) is 6.77. The lowest BCUT2D eigenvalue weighted by Crippen LogP contribution is -1.82. The summed E-state index contributed by atoms with van der Waals surface area (Å²) in [6.45, 7) is 8.26. The van der Waals surface area contributed by atoms with Crippen LogP contribution in [0.2, 0.25) is 0 Å². The van der Waals surface area contributed by atoms with Crippen LogP contribution in [0.1, 0.15) is 25.0 Å². The van der Waals surface area contributed by atoms with Crippen molar-refractivity contribution in [2.45, 2.75) is 27.7 Å². The standard InChI is InChI=1S/C11H11N.C2H6/c1-8-5-10-3-4-12-7-11(10)6-9(8)2;1-2/h3-7H,1-2H3;1-2H3. The van der Waals surface area contributed by atoms with Gasteiger partial charge in [-0.25, -0.2) is 0 Å². The maximum absolute atomic E-state index is 4.08. The maximum atomic E-state index is 4.08. The molecule has 1 heterocycles. The Morgan fingerprint density at radius 1 is 0.929 bits per heavy atom. The quantitative estimate of drug-likeness (QED) is 0.610. The summed E-state index contributed by atoms with van der Waals surface area (Å²) in [5.74, 6) is 0.